The average molecular weight is 384 g/mol. The number of amides is 1. The van der Waals surface area contributed by atoms with Crippen molar-refractivity contribution < 1.29 is 18.1 Å². The van der Waals surface area contributed by atoms with E-state index in [2.05, 4.69) is 15.9 Å². The van der Waals surface area contributed by atoms with Crippen LogP contribution in [0.1, 0.15) is 6.42 Å². The van der Waals surface area contributed by atoms with Crippen molar-refractivity contribution in [3.8, 4) is 0 Å². The number of rotatable bonds is 3. The summed E-state index contributed by atoms with van der Waals surface area (Å²) in [6.07, 6.45) is -0.287. The SMILES string of the molecule is O=C1CC(S(=O)(=O)Cl)CN1c1c(Br)cccc1[N+](=O)[O-]. The zero-order valence-corrected chi connectivity index (χ0v) is 13.0. The Morgan fingerprint density at radius 1 is 1.45 bits per heavy atom. The Morgan fingerprint density at radius 2 is 2.10 bits per heavy atom. The molecule has 1 heterocycles. The van der Waals surface area contributed by atoms with E-state index in [0.717, 1.165) is 4.90 Å². The van der Waals surface area contributed by atoms with E-state index in [-0.39, 0.29) is 24.3 Å². The lowest BCUT2D eigenvalue weighted by molar-refractivity contribution is -0.384. The number of anilines is 1. The van der Waals surface area contributed by atoms with E-state index in [0.29, 0.717) is 4.47 Å². The predicted octanol–water partition coefficient (Wildman–Crippen LogP) is 2.03. The Balaban J connectivity index is 2.48. The standard InChI is InChI=1S/C10H8BrClN2O5S/c11-7-2-1-3-8(14(16)17)10(7)13-5-6(4-9(13)15)20(12,18)19/h1-3,6H,4-5H2. The maximum absolute atomic E-state index is 11.9. The van der Waals surface area contributed by atoms with E-state index in [9.17, 15) is 23.3 Å². The molecule has 0 aliphatic carbocycles. The minimum Gasteiger partial charge on any atom is -0.304 e. The molecule has 2 rings (SSSR count). The first-order chi connectivity index (χ1) is 9.21. The molecule has 108 valence electrons. The summed E-state index contributed by atoms with van der Waals surface area (Å²) in [6.45, 7) is -0.200. The number of hydrogen-bond donors (Lipinski definition) is 0. The van der Waals surface area contributed by atoms with Gasteiger partial charge in [-0.3, -0.25) is 14.9 Å². The number of nitro groups is 1. The van der Waals surface area contributed by atoms with Gasteiger partial charge >= 0.3 is 0 Å². The molecular formula is C10H8BrClN2O5S. The summed E-state index contributed by atoms with van der Waals surface area (Å²) in [5, 5.41) is 9.95. The van der Waals surface area contributed by atoms with E-state index >= 15 is 0 Å². The third-order valence-electron chi connectivity index (χ3n) is 2.92. The molecular weight excluding hydrogens is 376 g/mol. The minimum absolute atomic E-state index is 0.0466. The van der Waals surface area contributed by atoms with Crippen LogP contribution in [0.4, 0.5) is 11.4 Å². The lowest BCUT2D eigenvalue weighted by Crippen LogP contribution is -2.27. The number of nitrogens with zero attached hydrogens (tertiary/aromatic N) is 2. The van der Waals surface area contributed by atoms with Gasteiger partial charge in [-0.15, -0.1) is 0 Å². The van der Waals surface area contributed by atoms with Crippen LogP contribution in [0, 0.1) is 10.1 Å². The van der Waals surface area contributed by atoms with Crippen molar-refractivity contribution >= 4 is 52.9 Å². The Labute approximate surface area is 127 Å². The first-order valence-electron chi connectivity index (χ1n) is 5.38. The van der Waals surface area contributed by atoms with E-state index in [1.807, 2.05) is 0 Å². The van der Waals surface area contributed by atoms with Crippen LogP contribution in [0.25, 0.3) is 0 Å². The first-order valence-corrected chi connectivity index (χ1v) is 8.55. The molecule has 20 heavy (non-hydrogen) atoms. The van der Waals surface area contributed by atoms with Crippen molar-refractivity contribution in [3.05, 3.63) is 32.8 Å². The van der Waals surface area contributed by atoms with Crippen molar-refractivity contribution in [2.45, 2.75) is 11.7 Å². The molecule has 0 aromatic heterocycles. The van der Waals surface area contributed by atoms with Crippen LogP contribution < -0.4 is 4.90 Å². The molecule has 1 aromatic carbocycles. The smallest absolute Gasteiger partial charge is 0.294 e. The molecule has 1 aromatic rings. The summed E-state index contributed by atoms with van der Waals surface area (Å²) in [4.78, 5) is 23.4. The molecule has 10 heteroatoms. The van der Waals surface area contributed by atoms with Gasteiger partial charge in [-0.25, -0.2) is 8.42 Å². The van der Waals surface area contributed by atoms with Crippen LogP contribution in [-0.2, 0) is 13.8 Å². The van der Waals surface area contributed by atoms with Gasteiger partial charge in [0.2, 0.25) is 15.0 Å². The van der Waals surface area contributed by atoms with Crippen molar-refractivity contribution in [1.29, 1.82) is 0 Å². The molecule has 0 spiro atoms. The summed E-state index contributed by atoms with van der Waals surface area (Å²) in [5.41, 5.74) is -0.231. The van der Waals surface area contributed by atoms with E-state index < -0.39 is 25.1 Å². The fourth-order valence-electron chi connectivity index (χ4n) is 2.00. The zero-order chi connectivity index (χ0) is 15.1. The van der Waals surface area contributed by atoms with Gasteiger partial charge in [-0.05, 0) is 22.0 Å². The second kappa shape index (κ2) is 5.30. The molecule has 1 aliphatic heterocycles. The monoisotopic (exact) mass is 382 g/mol. The summed E-state index contributed by atoms with van der Waals surface area (Å²) in [7, 11) is 1.35. The van der Waals surface area contributed by atoms with Crippen molar-refractivity contribution in [3.63, 3.8) is 0 Å². The number of nitro benzene ring substituents is 1. The van der Waals surface area contributed by atoms with E-state index in [1.54, 1.807) is 0 Å². The Morgan fingerprint density at radius 3 is 2.60 bits per heavy atom. The largest absolute Gasteiger partial charge is 0.304 e. The summed E-state index contributed by atoms with van der Waals surface area (Å²) >= 11 is 3.14. The number of carbonyl (C=O) groups is 1. The maximum atomic E-state index is 11.9. The number of benzene rings is 1. The second-order valence-corrected chi connectivity index (χ2v) is 7.93. The molecule has 0 saturated carbocycles. The summed E-state index contributed by atoms with van der Waals surface area (Å²) in [6, 6.07) is 4.25. The van der Waals surface area contributed by atoms with Gasteiger partial charge in [-0.2, -0.15) is 0 Å². The topological polar surface area (TPSA) is 97.6 Å². The van der Waals surface area contributed by atoms with Gasteiger partial charge in [0.1, 0.15) is 10.9 Å². The van der Waals surface area contributed by atoms with Gasteiger partial charge in [0.15, 0.2) is 0 Å². The molecule has 1 amide bonds. The van der Waals surface area contributed by atoms with Gasteiger partial charge in [0, 0.05) is 34.2 Å². The van der Waals surface area contributed by atoms with Crippen molar-refractivity contribution in [2.24, 2.45) is 0 Å². The molecule has 1 aliphatic rings. The van der Waals surface area contributed by atoms with Crippen molar-refractivity contribution in [2.75, 3.05) is 11.4 Å². The third-order valence-corrected chi connectivity index (χ3v) is 5.43. The van der Waals surface area contributed by atoms with Crippen LogP contribution in [-0.4, -0.2) is 31.0 Å². The Bertz CT molecular complexity index is 693. The van der Waals surface area contributed by atoms with Gasteiger partial charge < -0.3 is 4.90 Å². The van der Waals surface area contributed by atoms with E-state index in [1.165, 1.54) is 18.2 Å². The highest BCUT2D eigenvalue weighted by Gasteiger charge is 2.40. The molecule has 1 saturated heterocycles. The van der Waals surface area contributed by atoms with Crippen molar-refractivity contribution in [1.82, 2.24) is 0 Å². The quantitative estimate of drug-likeness (QED) is 0.452. The summed E-state index contributed by atoms with van der Waals surface area (Å²) < 4.78 is 22.9. The lowest BCUT2D eigenvalue weighted by Gasteiger charge is -2.17. The molecule has 1 unspecified atom stereocenters. The molecule has 0 bridgehead atoms. The first kappa shape index (κ1) is 15.2. The van der Waals surface area contributed by atoms with Gasteiger partial charge in [-0.1, -0.05) is 6.07 Å². The third kappa shape index (κ3) is 2.79. The zero-order valence-electron chi connectivity index (χ0n) is 9.82. The minimum atomic E-state index is -3.90. The molecule has 1 fully saturated rings. The maximum Gasteiger partial charge on any atom is 0.294 e. The highest BCUT2D eigenvalue weighted by Crippen LogP contribution is 2.38. The molecule has 0 radical (unpaired) electrons. The number of para-hydroxylation sites is 1. The summed E-state index contributed by atoms with van der Waals surface area (Å²) in [5.74, 6) is -0.519. The van der Waals surface area contributed by atoms with Gasteiger partial charge in [0.25, 0.3) is 5.69 Å². The number of carbonyl (C=O) groups excluding carboxylic acids is 1. The molecule has 0 N–H and O–H groups in total. The van der Waals surface area contributed by atoms with Crippen LogP contribution in [0.5, 0.6) is 0 Å². The van der Waals surface area contributed by atoms with Gasteiger partial charge in [0.05, 0.1) is 4.92 Å². The normalized spacial score (nSPS) is 19.4. The van der Waals surface area contributed by atoms with Crippen LogP contribution >= 0.6 is 26.6 Å². The molecule has 1 atom stereocenters. The Kier molecular flexibility index (Phi) is 4.03. The predicted molar refractivity (Wildman–Crippen MR) is 76.3 cm³/mol. The number of halogens is 2. The van der Waals surface area contributed by atoms with E-state index in [4.69, 9.17) is 10.7 Å². The second-order valence-electron chi connectivity index (χ2n) is 4.17. The highest BCUT2D eigenvalue weighted by atomic mass is 79.9. The highest BCUT2D eigenvalue weighted by molar-refractivity contribution is 9.10. The average Bonchev–Trinajstić information content (AvgIpc) is 2.70. The lowest BCUT2D eigenvalue weighted by atomic mass is 10.2. The fourth-order valence-corrected chi connectivity index (χ4v) is 3.59. The van der Waals surface area contributed by atoms with Crippen LogP contribution in [0.2, 0.25) is 0 Å². The van der Waals surface area contributed by atoms with Crippen LogP contribution in [0.3, 0.4) is 0 Å². The molecule has 7 nitrogen and oxygen atoms in total. The number of hydrogen-bond acceptors (Lipinski definition) is 5. The Hall–Kier alpha value is -1.19. The van der Waals surface area contributed by atoms with Crippen LogP contribution in [0.15, 0.2) is 22.7 Å². The fraction of sp³-hybridized carbons (Fsp3) is 0.300.